The molecule has 0 saturated heterocycles. The largest absolute Gasteiger partial charge is 0.393 e. The highest BCUT2D eigenvalue weighted by atomic mass is 16.6. The van der Waals surface area contributed by atoms with Crippen LogP contribution in [0.25, 0.3) is 0 Å². The zero-order chi connectivity index (χ0) is 15.3. The molecule has 6 nitrogen and oxygen atoms in total. The van der Waals surface area contributed by atoms with E-state index in [1.54, 1.807) is 12.1 Å². The van der Waals surface area contributed by atoms with Gasteiger partial charge >= 0.3 is 5.69 Å². The van der Waals surface area contributed by atoms with Crippen molar-refractivity contribution in [3.05, 3.63) is 28.3 Å². The van der Waals surface area contributed by atoms with Gasteiger partial charge < -0.3 is 11.1 Å². The number of para-hydroxylation sites is 1. The molecule has 0 aliphatic rings. The Morgan fingerprint density at radius 2 is 1.90 bits per heavy atom. The quantitative estimate of drug-likeness (QED) is 0.456. The monoisotopic (exact) mass is 280 g/mol. The van der Waals surface area contributed by atoms with Gasteiger partial charge in [0.2, 0.25) is 0 Å². The molecule has 0 bridgehead atoms. The molecule has 0 unspecified atom stereocenters. The van der Waals surface area contributed by atoms with Crippen LogP contribution in [0.15, 0.2) is 18.2 Å². The summed E-state index contributed by atoms with van der Waals surface area (Å²) in [6.07, 6.45) is 0. The molecule has 0 radical (unpaired) electrons. The highest BCUT2D eigenvalue weighted by molar-refractivity contribution is 5.74. The van der Waals surface area contributed by atoms with Crippen LogP contribution >= 0.6 is 0 Å². The van der Waals surface area contributed by atoms with Crippen molar-refractivity contribution >= 4 is 17.1 Å². The van der Waals surface area contributed by atoms with Crippen molar-refractivity contribution in [3.63, 3.8) is 0 Å². The topological polar surface area (TPSA) is 84.4 Å². The van der Waals surface area contributed by atoms with E-state index in [1.807, 2.05) is 0 Å². The third kappa shape index (κ3) is 4.09. The molecule has 0 atom stereocenters. The molecule has 0 aliphatic heterocycles. The lowest BCUT2D eigenvalue weighted by molar-refractivity contribution is -0.383. The lowest BCUT2D eigenvalue weighted by Gasteiger charge is -2.30. The van der Waals surface area contributed by atoms with Crippen LogP contribution in [-0.4, -0.2) is 35.0 Å². The van der Waals surface area contributed by atoms with Gasteiger partial charge in [-0.25, -0.2) is 0 Å². The van der Waals surface area contributed by atoms with Crippen LogP contribution in [0, 0.1) is 10.1 Å². The summed E-state index contributed by atoms with van der Waals surface area (Å²) < 4.78 is 0. The first-order valence-electron chi connectivity index (χ1n) is 6.87. The standard InChI is InChI=1S/C14H24N4O2/c1-10(2)17(11(3)4)9-8-16-13-7-5-6-12(15)14(13)18(19)20/h5-7,10-11,16H,8-9,15H2,1-4H3. The number of nitrogens with one attached hydrogen (secondary N) is 1. The number of rotatable bonds is 7. The zero-order valence-corrected chi connectivity index (χ0v) is 12.6. The van der Waals surface area contributed by atoms with E-state index in [9.17, 15) is 10.1 Å². The van der Waals surface area contributed by atoms with E-state index in [0.29, 0.717) is 24.3 Å². The maximum absolute atomic E-state index is 11.0. The van der Waals surface area contributed by atoms with Gasteiger partial charge in [0.1, 0.15) is 11.4 Å². The summed E-state index contributed by atoms with van der Waals surface area (Å²) in [4.78, 5) is 12.9. The van der Waals surface area contributed by atoms with Crippen molar-refractivity contribution in [1.29, 1.82) is 0 Å². The first-order chi connectivity index (χ1) is 9.34. The number of anilines is 2. The molecule has 0 aliphatic carbocycles. The molecule has 0 heterocycles. The van der Waals surface area contributed by atoms with Gasteiger partial charge in [0.25, 0.3) is 0 Å². The van der Waals surface area contributed by atoms with Crippen LogP contribution in [0.5, 0.6) is 0 Å². The maximum Gasteiger partial charge on any atom is 0.314 e. The predicted octanol–water partition coefficient (Wildman–Crippen LogP) is 2.71. The molecule has 1 aromatic carbocycles. The SMILES string of the molecule is CC(C)N(CCNc1cccc(N)c1[N+](=O)[O-])C(C)C. The molecule has 0 aromatic heterocycles. The van der Waals surface area contributed by atoms with Gasteiger partial charge in [-0.15, -0.1) is 0 Å². The van der Waals surface area contributed by atoms with Gasteiger partial charge in [-0.3, -0.25) is 15.0 Å². The van der Waals surface area contributed by atoms with E-state index in [4.69, 9.17) is 5.73 Å². The highest BCUT2D eigenvalue weighted by Gasteiger charge is 2.18. The summed E-state index contributed by atoms with van der Waals surface area (Å²) in [5, 5.41) is 14.1. The van der Waals surface area contributed by atoms with Crippen LogP contribution < -0.4 is 11.1 Å². The van der Waals surface area contributed by atoms with Crippen LogP contribution in [0.2, 0.25) is 0 Å². The lowest BCUT2D eigenvalue weighted by atomic mass is 10.2. The minimum atomic E-state index is -0.444. The van der Waals surface area contributed by atoms with Crippen LogP contribution in [0.4, 0.5) is 17.1 Å². The molecule has 0 spiro atoms. The van der Waals surface area contributed by atoms with Gasteiger partial charge in [0.05, 0.1) is 4.92 Å². The van der Waals surface area contributed by atoms with E-state index in [-0.39, 0.29) is 11.4 Å². The fourth-order valence-electron chi connectivity index (χ4n) is 2.34. The van der Waals surface area contributed by atoms with E-state index >= 15 is 0 Å². The molecule has 1 aromatic rings. The predicted molar refractivity (Wildman–Crippen MR) is 83.0 cm³/mol. The Labute approximate surface area is 120 Å². The number of nitro benzene ring substituents is 1. The number of hydrogen-bond acceptors (Lipinski definition) is 5. The van der Waals surface area contributed by atoms with Crippen LogP contribution in [0.1, 0.15) is 27.7 Å². The summed E-state index contributed by atoms with van der Waals surface area (Å²) in [5.41, 5.74) is 6.27. The van der Waals surface area contributed by atoms with E-state index in [0.717, 1.165) is 6.54 Å². The average Bonchev–Trinajstić information content (AvgIpc) is 2.33. The van der Waals surface area contributed by atoms with Crippen LogP contribution in [0.3, 0.4) is 0 Å². The molecule has 112 valence electrons. The first-order valence-corrected chi connectivity index (χ1v) is 6.87. The molecule has 6 heteroatoms. The molecular weight excluding hydrogens is 256 g/mol. The summed E-state index contributed by atoms with van der Waals surface area (Å²) in [7, 11) is 0. The number of nitro groups is 1. The van der Waals surface area contributed by atoms with E-state index in [2.05, 4.69) is 37.9 Å². The van der Waals surface area contributed by atoms with Crippen molar-refractivity contribution in [2.75, 3.05) is 24.1 Å². The minimum Gasteiger partial charge on any atom is -0.393 e. The van der Waals surface area contributed by atoms with Gasteiger partial charge in [-0.1, -0.05) is 6.07 Å². The third-order valence-electron chi connectivity index (χ3n) is 3.26. The highest BCUT2D eigenvalue weighted by Crippen LogP contribution is 2.30. The molecular formula is C14H24N4O2. The number of hydrogen-bond donors (Lipinski definition) is 2. The van der Waals surface area contributed by atoms with E-state index < -0.39 is 4.92 Å². The normalized spacial score (nSPS) is 11.3. The van der Waals surface area contributed by atoms with Crippen molar-refractivity contribution in [2.45, 2.75) is 39.8 Å². The molecule has 3 N–H and O–H groups in total. The number of nitrogen functional groups attached to an aromatic ring is 1. The Morgan fingerprint density at radius 1 is 1.30 bits per heavy atom. The van der Waals surface area contributed by atoms with Crippen LogP contribution in [-0.2, 0) is 0 Å². The summed E-state index contributed by atoms with van der Waals surface area (Å²) in [6, 6.07) is 5.81. The molecule has 0 saturated carbocycles. The molecule has 20 heavy (non-hydrogen) atoms. The Bertz CT molecular complexity index is 452. The van der Waals surface area contributed by atoms with Gasteiger partial charge in [0, 0.05) is 25.2 Å². The van der Waals surface area contributed by atoms with Crippen molar-refractivity contribution in [1.82, 2.24) is 4.90 Å². The lowest BCUT2D eigenvalue weighted by Crippen LogP contribution is -2.40. The number of nitrogens with two attached hydrogens (primary N) is 1. The first kappa shape index (κ1) is 16.2. The maximum atomic E-state index is 11.0. The second-order valence-electron chi connectivity index (χ2n) is 5.35. The van der Waals surface area contributed by atoms with Crippen molar-refractivity contribution in [3.8, 4) is 0 Å². The van der Waals surface area contributed by atoms with Gasteiger partial charge in [-0.2, -0.15) is 0 Å². The number of nitrogens with zero attached hydrogens (tertiary/aromatic N) is 2. The Balaban J connectivity index is 2.71. The Hall–Kier alpha value is -1.82. The Morgan fingerprint density at radius 3 is 2.40 bits per heavy atom. The fraction of sp³-hybridized carbons (Fsp3) is 0.571. The summed E-state index contributed by atoms with van der Waals surface area (Å²) >= 11 is 0. The van der Waals surface area contributed by atoms with Gasteiger partial charge in [0.15, 0.2) is 0 Å². The second-order valence-corrected chi connectivity index (χ2v) is 5.35. The number of benzene rings is 1. The average molecular weight is 280 g/mol. The summed E-state index contributed by atoms with van der Waals surface area (Å²) in [5.74, 6) is 0. The smallest absolute Gasteiger partial charge is 0.314 e. The van der Waals surface area contributed by atoms with Gasteiger partial charge in [-0.05, 0) is 39.8 Å². The minimum absolute atomic E-state index is 0.0480. The van der Waals surface area contributed by atoms with E-state index in [1.165, 1.54) is 6.07 Å². The summed E-state index contributed by atoms with van der Waals surface area (Å²) in [6.45, 7) is 10.0. The third-order valence-corrected chi connectivity index (χ3v) is 3.26. The molecule has 1 rings (SSSR count). The zero-order valence-electron chi connectivity index (χ0n) is 12.6. The van der Waals surface area contributed by atoms with Crippen molar-refractivity contribution in [2.24, 2.45) is 0 Å². The molecule has 0 amide bonds. The molecule has 0 fully saturated rings. The second kappa shape index (κ2) is 7.09. The Kier molecular flexibility index (Phi) is 5.76. The fourth-order valence-corrected chi connectivity index (χ4v) is 2.34. The van der Waals surface area contributed by atoms with Crippen molar-refractivity contribution < 1.29 is 4.92 Å².